The Hall–Kier alpha value is -2.55. The molecule has 0 radical (unpaired) electrons. The summed E-state index contributed by atoms with van der Waals surface area (Å²) in [7, 11) is 0. The summed E-state index contributed by atoms with van der Waals surface area (Å²) in [6.07, 6.45) is -5.57. The highest BCUT2D eigenvalue weighted by Crippen LogP contribution is 2.39. The van der Waals surface area contributed by atoms with Crippen LogP contribution < -0.4 is 15.2 Å². The molecule has 5 nitrogen and oxygen atoms in total. The van der Waals surface area contributed by atoms with Crippen LogP contribution >= 0.6 is 11.8 Å². The van der Waals surface area contributed by atoms with Gasteiger partial charge in [-0.15, -0.1) is 13.2 Å². The monoisotopic (exact) mass is 385 g/mol. The van der Waals surface area contributed by atoms with Gasteiger partial charge in [0.1, 0.15) is 17.6 Å². The lowest BCUT2D eigenvalue weighted by Crippen LogP contribution is -2.22. The van der Waals surface area contributed by atoms with E-state index in [9.17, 15) is 18.0 Å². The molecule has 0 saturated carbocycles. The molecule has 1 atom stereocenters. The maximum absolute atomic E-state index is 12.3. The van der Waals surface area contributed by atoms with E-state index < -0.39 is 18.6 Å². The van der Waals surface area contributed by atoms with Crippen molar-refractivity contribution >= 4 is 17.9 Å². The van der Waals surface area contributed by atoms with Crippen molar-refractivity contribution in [3.8, 4) is 11.5 Å². The lowest BCUT2D eigenvalue weighted by Gasteiger charge is -2.25. The van der Waals surface area contributed by atoms with Gasteiger partial charge in [-0.05, 0) is 30.3 Å². The van der Waals surface area contributed by atoms with Gasteiger partial charge in [0.2, 0.25) is 0 Å². The van der Waals surface area contributed by atoms with Gasteiger partial charge >= 0.3 is 12.5 Å². The molecule has 1 aliphatic heterocycles. The van der Waals surface area contributed by atoms with Crippen LogP contribution in [0.25, 0.3) is 0 Å². The number of rotatable bonds is 4. The minimum atomic E-state index is -4.74. The fraction of sp³-hybridized carbons (Fsp3) is 0.235. The number of carbonyl (C=O) groups is 1. The molecular formula is C17H14F3NO4S. The van der Waals surface area contributed by atoms with E-state index in [-0.39, 0.29) is 5.75 Å². The maximum atomic E-state index is 12.3. The zero-order chi connectivity index (χ0) is 18.7. The number of primary amides is 1. The summed E-state index contributed by atoms with van der Waals surface area (Å²) in [6.45, 7) is 0.369. The molecule has 1 heterocycles. The Kier molecular flexibility index (Phi) is 5.17. The van der Waals surface area contributed by atoms with Crippen LogP contribution in [0.2, 0.25) is 0 Å². The number of amides is 1. The van der Waals surface area contributed by atoms with Gasteiger partial charge in [-0.3, -0.25) is 0 Å². The van der Waals surface area contributed by atoms with Crippen LogP contribution in [-0.2, 0) is 4.74 Å². The highest BCUT2D eigenvalue weighted by molar-refractivity contribution is 7.99. The van der Waals surface area contributed by atoms with E-state index in [1.807, 2.05) is 0 Å². The van der Waals surface area contributed by atoms with Crippen LogP contribution in [0.4, 0.5) is 18.0 Å². The number of benzene rings is 2. The molecule has 26 heavy (non-hydrogen) atoms. The molecule has 0 saturated heterocycles. The third-order valence-corrected chi connectivity index (χ3v) is 4.48. The second kappa shape index (κ2) is 7.36. The smallest absolute Gasteiger partial charge is 0.493 e. The Morgan fingerprint density at radius 2 is 1.96 bits per heavy atom. The predicted octanol–water partition coefficient (Wildman–Crippen LogP) is 4.66. The van der Waals surface area contributed by atoms with Crippen LogP contribution in [0.5, 0.6) is 11.5 Å². The van der Waals surface area contributed by atoms with Crippen molar-refractivity contribution in [2.45, 2.75) is 28.7 Å². The zero-order valence-electron chi connectivity index (χ0n) is 13.3. The molecular weight excluding hydrogens is 371 g/mol. The second-order valence-corrected chi connectivity index (χ2v) is 6.53. The van der Waals surface area contributed by atoms with Crippen molar-refractivity contribution in [1.29, 1.82) is 0 Å². The lowest BCUT2D eigenvalue weighted by atomic mass is 10.0. The topological polar surface area (TPSA) is 70.8 Å². The molecule has 0 bridgehead atoms. The highest BCUT2D eigenvalue weighted by Gasteiger charge is 2.31. The van der Waals surface area contributed by atoms with E-state index in [0.29, 0.717) is 29.2 Å². The van der Waals surface area contributed by atoms with E-state index in [1.54, 1.807) is 24.3 Å². The summed E-state index contributed by atoms with van der Waals surface area (Å²) < 4.78 is 51.6. The van der Waals surface area contributed by atoms with Gasteiger partial charge in [-0.1, -0.05) is 23.9 Å². The molecule has 0 spiro atoms. The van der Waals surface area contributed by atoms with Crippen molar-refractivity contribution in [1.82, 2.24) is 0 Å². The Balaban J connectivity index is 1.77. The second-order valence-electron chi connectivity index (χ2n) is 5.39. The van der Waals surface area contributed by atoms with Gasteiger partial charge in [0.25, 0.3) is 0 Å². The van der Waals surface area contributed by atoms with Gasteiger partial charge in [0.05, 0.1) is 6.61 Å². The molecule has 2 aromatic rings. The maximum Gasteiger partial charge on any atom is 0.573 e. The van der Waals surface area contributed by atoms with Crippen LogP contribution in [0.1, 0.15) is 18.1 Å². The number of carbonyl (C=O) groups excluding carboxylic acids is 1. The summed E-state index contributed by atoms with van der Waals surface area (Å²) in [4.78, 5) is 12.3. The number of hydrogen-bond acceptors (Lipinski definition) is 5. The van der Waals surface area contributed by atoms with E-state index in [2.05, 4.69) is 4.74 Å². The summed E-state index contributed by atoms with van der Waals surface area (Å²) in [6, 6.07) is 11.0. The Labute approximate surface area is 151 Å². The van der Waals surface area contributed by atoms with Crippen LogP contribution in [0.3, 0.4) is 0 Å². The normalized spacial score (nSPS) is 16.3. The van der Waals surface area contributed by atoms with E-state index >= 15 is 0 Å². The number of halogens is 3. The third-order valence-electron chi connectivity index (χ3n) is 3.50. The van der Waals surface area contributed by atoms with Crippen molar-refractivity contribution < 1.29 is 32.2 Å². The number of nitrogens with two attached hydrogens (primary N) is 1. The third kappa shape index (κ3) is 4.75. The first kappa shape index (κ1) is 18.2. The average Bonchev–Trinajstić information content (AvgIpc) is 2.53. The zero-order valence-corrected chi connectivity index (χ0v) is 14.1. The Morgan fingerprint density at radius 3 is 2.69 bits per heavy atom. The first-order valence-corrected chi connectivity index (χ1v) is 8.38. The van der Waals surface area contributed by atoms with Crippen molar-refractivity contribution in [2.75, 3.05) is 6.61 Å². The van der Waals surface area contributed by atoms with Crippen molar-refractivity contribution in [2.24, 2.45) is 5.73 Å². The van der Waals surface area contributed by atoms with Gasteiger partial charge in [-0.2, -0.15) is 0 Å². The highest BCUT2D eigenvalue weighted by atomic mass is 32.2. The van der Waals surface area contributed by atoms with E-state index in [1.165, 1.54) is 30.0 Å². The molecule has 2 aromatic carbocycles. The fourth-order valence-electron chi connectivity index (χ4n) is 2.53. The molecule has 138 valence electrons. The molecule has 1 amide bonds. The van der Waals surface area contributed by atoms with Gasteiger partial charge in [-0.25, -0.2) is 4.79 Å². The quantitative estimate of drug-likeness (QED) is 0.829. The van der Waals surface area contributed by atoms with Crippen molar-refractivity contribution in [3.05, 3.63) is 48.0 Å². The van der Waals surface area contributed by atoms with Crippen LogP contribution in [0.15, 0.2) is 52.3 Å². The number of alkyl halides is 3. The standard InChI is InChI=1S/C17H14F3NO4S/c18-17(19,20)25-10-2-1-3-11(8-10)26-12-4-5-13-14(24-16(21)22)6-7-23-15(13)9-12/h1-5,8-9,14H,6-7H2,(H2,21,22). The molecule has 1 aliphatic rings. The average molecular weight is 385 g/mol. The lowest BCUT2D eigenvalue weighted by molar-refractivity contribution is -0.274. The summed E-state index contributed by atoms with van der Waals surface area (Å²) in [5.74, 6) is 0.266. The predicted molar refractivity (Wildman–Crippen MR) is 87.2 cm³/mol. The van der Waals surface area contributed by atoms with Crippen molar-refractivity contribution in [3.63, 3.8) is 0 Å². The fourth-order valence-corrected chi connectivity index (χ4v) is 3.43. The molecule has 1 unspecified atom stereocenters. The largest absolute Gasteiger partial charge is 0.573 e. The molecule has 2 N–H and O–H groups in total. The minimum absolute atomic E-state index is 0.286. The SMILES string of the molecule is NC(=O)OC1CCOc2cc(Sc3cccc(OC(F)(F)F)c3)ccc21. The molecule has 0 fully saturated rings. The first-order valence-electron chi connectivity index (χ1n) is 7.57. The summed E-state index contributed by atoms with van der Waals surface area (Å²) in [5.41, 5.74) is 5.77. The van der Waals surface area contributed by atoms with Crippen LogP contribution in [0, 0.1) is 0 Å². The van der Waals surface area contributed by atoms with E-state index in [0.717, 1.165) is 4.90 Å². The number of ether oxygens (including phenoxy) is 3. The molecule has 9 heteroatoms. The van der Waals surface area contributed by atoms with E-state index in [4.69, 9.17) is 15.2 Å². The Morgan fingerprint density at radius 1 is 1.19 bits per heavy atom. The van der Waals surface area contributed by atoms with Gasteiger partial charge in [0.15, 0.2) is 0 Å². The first-order chi connectivity index (χ1) is 12.3. The summed E-state index contributed by atoms with van der Waals surface area (Å²) in [5, 5.41) is 0. The number of hydrogen-bond donors (Lipinski definition) is 1. The molecule has 0 aromatic heterocycles. The molecule has 0 aliphatic carbocycles. The summed E-state index contributed by atoms with van der Waals surface area (Å²) >= 11 is 1.26. The van der Waals surface area contributed by atoms with Crippen LogP contribution in [-0.4, -0.2) is 19.1 Å². The molecule has 3 rings (SSSR count). The number of fused-ring (bicyclic) bond motifs is 1. The van der Waals surface area contributed by atoms with Gasteiger partial charge in [0, 0.05) is 21.8 Å². The minimum Gasteiger partial charge on any atom is -0.493 e. The Bertz CT molecular complexity index is 813. The van der Waals surface area contributed by atoms with Gasteiger partial charge < -0.3 is 19.9 Å².